The second kappa shape index (κ2) is 2.55. The minimum Gasteiger partial charge on any atom is -0.280 e. The van der Waals surface area contributed by atoms with Crippen LogP contribution < -0.4 is 0 Å². The van der Waals surface area contributed by atoms with Crippen LogP contribution in [-0.2, 0) is 6.42 Å². The quantitative estimate of drug-likeness (QED) is 0.686. The van der Waals surface area contributed by atoms with Crippen molar-refractivity contribution in [2.45, 2.75) is 20.3 Å². The van der Waals surface area contributed by atoms with Gasteiger partial charge in [-0.3, -0.25) is 5.10 Å². The molecule has 0 spiro atoms. The number of aromatic nitrogens is 4. The molecule has 0 bridgehead atoms. The van der Waals surface area contributed by atoms with Gasteiger partial charge in [0.15, 0.2) is 5.65 Å². The van der Waals surface area contributed by atoms with E-state index in [1.807, 2.05) is 6.92 Å². The van der Waals surface area contributed by atoms with Gasteiger partial charge in [-0.1, -0.05) is 6.92 Å². The third-order valence-electron chi connectivity index (χ3n) is 1.97. The summed E-state index contributed by atoms with van der Waals surface area (Å²) < 4.78 is 0. The van der Waals surface area contributed by atoms with Crippen LogP contribution >= 0.6 is 0 Å². The fourth-order valence-corrected chi connectivity index (χ4v) is 1.33. The molecule has 0 saturated heterocycles. The molecule has 1 N–H and O–H groups in total. The maximum absolute atomic E-state index is 4.12. The van der Waals surface area contributed by atoms with Crippen LogP contribution in [0.5, 0.6) is 0 Å². The predicted molar refractivity (Wildman–Crippen MR) is 45.8 cm³/mol. The Morgan fingerprint density at radius 1 is 1.42 bits per heavy atom. The lowest BCUT2D eigenvalue weighted by atomic mass is 10.2. The molecule has 12 heavy (non-hydrogen) atoms. The van der Waals surface area contributed by atoms with Gasteiger partial charge in [0.05, 0.1) is 11.1 Å². The zero-order chi connectivity index (χ0) is 8.55. The highest BCUT2D eigenvalue weighted by atomic mass is 15.2. The molecule has 0 aliphatic carbocycles. The molecule has 2 aromatic heterocycles. The van der Waals surface area contributed by atoms with Crippen molar-refractivity contribution >= 4 is 11.0 Å². The van der Waals surface area contributed by atoms with Crippen LogP contribution in [0.2, 0.25) is 0 Å². The molecular formula is C8H10N4. The highest BCUT2D eigenvalue weighted by molar-refractivity contribution is 5.79. The monoisotopic (exact) mass is 162 g/mol. The fourth-order valence-electron chi connectivity index (χ4n) is 1.33. The van der Waals surface area contributed by atoms with Gasteiger partial charge in [0.2, 0.25) is 0 Å². The first-order valence-electron chi connectivity index (χ1n) is 3.97. The number of hydrogen-bond acceptors (Lipinski definition) is 3. The Balaban J connectivity index is 2.83. The van der Waals surface area contributed by atoms with Gasteiger partial charge in [-0.25, -0.2) is 9.97 Å². The molecule has 4 nitrogen and oxygen atoms in total. The van der Waals surface area contributed by atoms with Crippen molar-refractivity contribution in [2.75, 3.05) is 0 Å². The molecule has 0 unspecified atom stereocenters. The molecule has 0 aliphatic heterocycles. The third kappa shape index (κ3) is 0.879. The van der Waals surface area contributed by atoms with Crippen molar-refractivity contribution < 1.29 is 0 Å². The molecule has 2 rings (SSSR count). The lowest BCUT2D eigenvalue weighted by Crippen LogP contribution is -1.87. The minimum atomic E-state index is 0.763. The standard InChI is InChI=1S/C8H10N4/c1-3-6-7-5(2)9-4-10-8(7)12-11-6/h4H,3H2,1-2H3,(H,9,10,11,12). The molecule has 0 atom stereocenters. The second-order valence-corrected chi connectivity index (χ2v) is 2.71. The summed E-state index contributed by atoms with van der Waals surface area (Å²) in [6.07, 6.45) is 2.47. The van der Waals surface area contributed by atoms with Crippen molar-refractivity contribution in [1.29, 1.82) is 0 Å². The molecule has 0 amide bonds. The van der Waals surface area contributed by atoms with E-state index >= 15 is 0 Å². The molecule has 2 heterocycles. The van der Waals surface area contributed by atoms with Crippen LogP contribution in [-0.4, -0.2) is 20.2 Å². The van der Waals surface area contributed by atoms with Gasteiger partial charge < -0.3 is 0 Å². The Labute approximate surface area is 70.0 Å². The van der Waals surface area contributed by atoms with Gasteiger partial charge in [0.25, 0.3) is 0 Å². The van der Waals surface area contributed by atoms with Crippen molar-refractivity contribution in [3.8, 4) is 0 Å². The number of nitrogens with one attached hydrogen (secondary N) is 1. The fraction of sp³-hybridized carbons (Fsp3) is 0.375. The number of nitrogens with zero attached hydrogens (tertiary/aromatic N) is 3. The van der Waals surface area contributed by atoms with Crippen molar-refractivity contribution in [3.05, 3.63) is 17.7 Å². The third-order valence-corrected chi connectivity index (χ3v) is 1.97. The van der Waals surface area contributed by atoms with E-state index in [0.717, 1.165) is 28.8 Å². The van der Waals surface area contributed by atoms with Gasteiger partial charge in [-0.05, 0) is 13.3 Å². The SMILES string of the molecule is CCc1[nH]nc2ncnc(C)c12. The van der Waals surface area contributed by atoms with Crippen LogP contribution in [0.3, 0.4) is 0 Å². The maximum Gasteiger partial charge on any atom is 0.184 e. The molecule has 2 aromatic rings. The second-order valence-electron chi connectivity index (χ2n) is 2.71. The summed E-state index contributed by atoms with van der Waals surface area (Å²) in [7, 11) is 0. The summed E-state index contributed by atoms with van der Waals surface area (Å²) >= 11 is 0. The molecule has 62 valence electrons. The van der Waals surface area contributed by atoms with Crippen molar-refractivity contribution in [3.63, 3.8) is 0 Å². The summed E-state index contributed by atoms with van der Waals surface area (Å²) in [5.41, 5.74) is 2.87. The molecule has 0 aliphatic rings. The van der Waals surface area contributed by atoms with E-state index in [1.165, 1.54) is 6.33 Å². The molecule has 0 radical (unpaired) electrons. The van der Waals surface area contributed by atoms with Crippen molar-refractivity contribution in [2.24, 2.45) is 0 Å². The summed E-state index contributed by atoms with van der Waals surface area (Å²) in [5, 5.41) is 8.10. The summed E-state index contributed by atoms with van der Waals surface area (Å²) in [6, 6.07) is 0. The first kappa shape index (κ1) is 7.21. The number of rotatable bonds is 1. The Kier molecular flexibility index (Phi) is 1.53. The lowest BCUT2D eigenvalue weighted by Gasteiger charge is -1.94. The smallest absolute Gasteiger partial charge is 0.184 e. The van der Waals surface area contributed by atoms with Crippen LogP contribution in [0.15, 0.2) is 6.33 Å². The number of fused-ring (bicyclic) bond motifs is 1. The topological polar surface area (TPSA) is 54.5 Å². The molecule has 0 saturated carbocycles. The summed E-state index contributed by atoms with van der Waals surface area (Å²) in [6.45, 7) is 4.05. The minimum absolute atomic E-state index is 0.763. The van der Waals surface area contributed by atoms with E-state index in [9.17, 15) is 0 Å². The largest absolute Gasteiger partial charge is 0.280 e. The predicted octanol–water partition coefficient (Wildman–Crippen LogP) is 1.22. The first-order valence-corrected chi connectivity index (χ1v) is 3.97. The van der Waals surface area contributed by atoms with Crippen molar-refractivity contribution in [1.82, 2.24) is 20.2 Å². The van der Waals surface area contributed by atoms with Gasteiger partial charge in [0.1, 0.15) is 6.33 Å². The van der Waals surface area contributed by atoms with Crippen LogP contribution in [0, 0.1) is 6.92 Å². The van der Waals surface area contributed by atoms with Crippen LogP contribution in [0.1, 0.15) is 18.3 Å². The van der Waals surface area contributed by atoms with E-state index in [4.69, 9.17) is 0 Å². The molecule has 0 fully saturated rings. The van der Waals surface area contributed by atoms with Gasteiger partial charge >= 0.3 is 0 Å². The van der Waals surface area contributed by atoms with Gasteiger partial charge in [-0.2, -0.15) is 5.10 Å². The van der Waals surface area contributed by atoms with E-state index in [2.05, 4.69) is 27.1 Å². The number of aryl methyl sites for hydroxylation is 2. The maximum atomic E-state index is 4.12. The molecule has 4 heteroatoms. The van der Waals surface area contributed by atoms with E-state index in [0.29, 0.717) is 0 Å². The highest BCUT2D eigenvalue weighted by Crippen LogP contribution is 2.15. The normalized spacial score (nSPS) is 10.8. The molecular weight excluding hydrogens is 152 g/mol. The zero-order valence-electron chi connectivity index (χ0n) is 7.13. The number of H-pyrrole nitrogens is 1. The summed E-state index contributed by atoms with van der Waals surface area (Å²) in [5.74, 6) is 0. The Hall–Kier alpha value is -1.45. The number of hydrogen-bond donors (Lipinski definition) is 1. The Bertz CT molecular complexity index is 404. The average Bonchev–Trinajstić information content (AvgIpc) is 2.49. The number of aromatic amines is 1. The lowest BCUT2D eigenvalue weighted by molar-refractivity contribution is 0.983. The summed E-state index contributed by atoms with van der Waals surface area (Å²) in [4.78, 5) is 8.17. The Morgan fingerprint density at radius 2 is 2.25 bits per heavy atom. The van der Waals surface area contributed by atoms with Crippen LogP contribution in [0.4, 0.5) is 0 Å². The van der Waals surface area contributed by atoms with Gasteiger partial charge in [-0.15, -0.1) is 0 Å². The van der Waals surface area contributed by atoms with E-state index in [1.54, 1.807) is 0 Å². The molecule has 0 aromatic carbocycles. The highest BCUT2D eigenvalue weighted by Gasteiger charge is 2.06. The first-order chi connectivity index (χ1) is 5.83. The Morgan fingerprint density at radius 3 is 3.00 bits per heavy atom. The average molecular weight is 162 g/mol. The van der Waals surface area contributed by atoms with Gasteiger partial charge in [0, 0.05) is 5.69 Å². The van der Waals surface area contributed by atoms with E-state index < -0.39 is 0 Å². The van der Waals surface area contributed by atoms with E-state index in [-0.39, 0.29) is 0 Å². The van der Waals surface area contributed by atoms with Crippen LogP contribution in [0.25, 0.3) is 11.0 Å². The zero-order valence-corrected chi connectivity index (χ0v) is 7.13.